The summed E-state index contributed by atoms with van der Waals surface area (Å²) in [6.07, 6.45) is 0. The molecule has 1 nitrogen and oxygen atoms in total. The van der Waals surface area contributed by atoms with Crippen LogP contribution >= 0.6 is 22.7 Å². The van der Waals surface area contributed by atoms with Gasteiger partial charge in [0, 0.05) is 16.3 Å². The molecule has 68 valence electrons. The molecule has 0 saturated heterocycles. The van der Waals surface area contributed by atoms with Crippen molar-refractivity contribution in [2.45, 2.75) is 13.5 Å². The Morgan fingerprint density at radius 1 is 1.15 bits per heavy atom. The van der Waals surface area contributed by atoms with Crippen LogP contribution in [0.3, 0.4) is 0 Å². The Hall–Kier alpha value is -0.640. The Bertz CT molecular complexity index is 400. The first kappa shape index (κ1) is 8.94. The van der Waals surface area contributed by atoms with Crippen molar-refractivity contribution in [3.8, 4) is 11.1 Å². The van der Waals surface area contributed by atoms with E-state index in [0.717, 1.165) is 0 Å². The zero-order valence-corrected chi connectivity index (χ0v) is 9.04. The summed E-state index contributed by atoms with van der Waals surface area (Å²) >= 11 is 3.52. The van der Waals surface area contributed by atoms with Crippen molar-refractivity contribution in [3.05, 3.63) is 32.6 Å². The third-order valence-electron chi connectivity index (χ3n) is 1.92. The van der Waals surface area contributed by atoms with E-state index in [2.05, 4.69) is 29.8 Å². The predicted octanol–water partition coefficient (Wildman–Crippen LogP) is 3.24. The van der Waals surface area contributed by atoms with Gasteiger partial charge in [0.2, 0.25) is 0 Å². The number of nitrogens with two attached hydrogens (primary N) is 1. The number of aryl methyl sites for hydroxylation is 1. The molecule has 3 heteroatoms. The van der Waals surface area contributed by atoms with Crippen molar-refractivity contribution >= 4 is 22.7 Å². The molecule has 0 amide bonds. The Morgan fingerprint density at radius 3 is 2.38 bits per heavy atom. The van der Waals surface area contributed by atoms with E-state index in [4.69, 9.17) is 5.73 Å². The highest BCUT2D eigenvalue weighted by Crippen LogP contribution is 2.28. The van der Waals surface area contributed by atoms with Gasteiger partial charge in [-0.2, -0.15) is 0 Å². The molecule has 0 fully saturated rings. The highest BCUT2D eigenvalue weighted by Gasteiger charge is 2.02. The summed E-state index contributed by atoms with van der Waals surface area (Å²) in [6, 6.07) is 4.39. The fourth-order valence-electron chi connectivity index (χ4n) is 1.23. The first-order valence-corrected chi connectivity index (χ1v) is 5.88. The summed E-state index contributed by atoms with van der Waals surface area (Å²) in [4.78, 5) is 2.61. The van der Waals surface area contributed by atoms with Gasteiger partial charge in [-0.25, -0.2) is 0 Å². The summed E-state index contributed by atoms with van der Waals surface area (Å²) in [5.74, 6) is 0. The molecule has 2 N–H and O–H groups in total. The van der Waals surface area contributed by atoms with E-state index in [1.165, 1.54) is 20.9 Å². The lowest BCUT2D eigenvalue weighted by atomic mass is 10.2. The van der Waals surface area contributed by atoms with Gasteiger partial charge in [-0.15, -0.1) is 22.7 Å². The van der Waals surface area contributed by atoms with Crippen LogP contribution in [0.25, 0.3) is 11.1 Å². The molecule has 0 spiro atoms. The van der Waals surface area contributed by atoms with Crippen molar-refractivity contribution in [2.24, 2.45) is 5.73 Å². The predicted molar refractivity (Wildman–Crippen MR) is 60.3 cm³/mol. The maximum atomic E-state index is 5.56. The third kappa shape index (κ3) is 1.82. The molecule has 13 heavy (non-hydrogen) atoms. The second-order valence-corrected chi connectivity index (χ2v) is 5.06. The van der Waals surface area contributed by atoms with Gasteiger partial charge in [0.25, 0.3) is 0 Å². The van der Waals surface area contributed by atoms with Gasteiger partial charge in [0.05, 0.1) is 0 Å². The molecule has 2 aromatic rings. The molecule has 0 bridgehead atoms. The van der Waals surface area contributed by atoms with Crippen LogP contribution < -0.4 is 5.73 Å². The van der Waals surface area contributed by atoms with E-state index in [9.17, 15) is 0 Å². The van der Waals surface area contributed by atoms with Crippen LogP contribution in [0, 0.1) is 6.92 Å². The third-order valence-corrected chi connectivity index (χ3v) is 3.74. The largest absolute Gasteiger partial charge is 0.326 e. The topological polar surface area (TPSA) is 26.0 Å². The van der Waals surface area contributed by atoms with Crippen LogP contribution in [0.4, 0.5) is 0 Å². The van der Waals surface area contributed by atoms with E-state index in [-0.39, 0.29) is 0 Å². The summed E-state index contributed by atoms with van der Waals surface area (Å²) in [5.41, 5.74) is 8.18. The molecule has 0 radical (unpaired) electrons. The second kappa shape index (κ2) is 3.62. The van der Waals surface area contributed by atoms with Gasteiger partial charge in [-0.1, -0.05) is 0 Å². The normalized spacial score (nSPS) is 10.6. The zero-order valence-electron chi connectivity index (χ0n) is 7.41. The molecule has 0 aliphatic carbocycles. The molecule has 2 aromatic heterocycles. The smallest absolute Gasteiger partial charge is 0.0274 e. The fraction of sp³-hybridized carbons (Fsp3) is 0.200. The fourth-order valence-corrected chi connectivity index (χ4v) is 2.72. The number of hydrogen-bond acceptors (Lipinski definition) is 3. The zero-order chi connectivity index (χ0) is 9.26. The highest BCUT2D eigenvalue weighted by molar-refractivity contribution is 7.11. The van der Waals surface area contributed by atoms with Crippen molar-refractivity contribution in [2.75, 3.05) is 0 Å². The van der Waals surface area contributed by atoms with Gasteiger partial charge < -0.3 is 5.73 Å². The van der Waals surface area contributed by atoms with E-state index < -0.39 is 0 Å². The quantitative estimate of drug-likeness (QED) is 0.807. The summed E-state index contributed by atoms with van der Waals surface area (Å²) in [5, 5.41) is 4.36. The van der Waals surface area contributed by atoms with Gasteiger partial charge in [0.1, 0.15) is 0 Å². The molecular formula is C10H11NS2. The standard InChI is InChI=1S/C10H11NS2/c1-7-2-8(5-12-7)9-3-10(4-11)13-6-9/h2-3,5-6H,4,11H2,1H3. The average Bonchev–Trinajstić information content (AvgIpc) is 2.71. The molecule has 0 aliphatic heterocycles. The van der Waals surface area contributed by atoms with Crippen LogP contribution in [0.15, 0.2) is 22.9 Å². The Balaban J connectivity index is 2.35. The van der Waals surface area contributed by atoms with Crippen molar-refractivity contribution in [1.29, 1.82) is 0 Å². The molecule has 0 aliphatic rings. The van der Waals surface area contributed by atoms with Crippen LogP contribution in [0.5, 0.6) is 0 Å². The maximum Gasteiger partial charge on any atom is 0.0274 e. The molecule has 2 rings (SSSR count). The maximum absolute atomic E-state index is 5.56. The lowest BCUT2D eigenvalue weighted by Crippen LogP contribution is -1.91. The van der Waals surface area contributed by atoms with Gasteiger partial charge >= 0.3 is 0 Å². The van der Waals surface area contributed by atoms with Gasteiger partial charge in [0.15, 0.2) is 0 Å². The number of rotatable bonds is 2. The monoisotopic (exact) mass is 209 g/mol. The molecular weight excluding hydrogens is 198 g/mol. The minimum atomic E-state index is 0.647. The van der Waals surface area contributed by atoms with Crippen LogP contribution in [0.2, 0.25) is 0 Å². The first-order chi connectivity index (χ1) is 6.29. The van der Waals surface area contributed by atoms with E-state index in [1.807, 2.05) is 0 Å². The summed E-state index contributed by atoms with van der Waals surface area (Å²) < 4.78 is 0. The van der Waals surface area contributed by atoms with Crippen molar-refractivity contribution in [3.63, 3.8) is 0 Å². The summed E-state index contributed by atoms with van der Waals surface area (Å²) in [7, 11) is 0. The van der Waals surface area contributed by atoms with E-state index in [0.29, 0.717) is 6.54 Å². The first-order valence-electron chi connectivity index (χ1n) is 4.12. The van der Waals surface area contributed by atoms with E-state index in [1.54, 1.807) is 22.7 Å². The lowest BCUT2D eigenvalue weighted by Gasteiger charge is -1.88. The molecule has 2 heterocycles. The molecule has 0 atom stereocenters. The molecule has 0 saturated carbocycles. The van der Waals surface area contributed by atoms with Gasteiger partial charge in [-0.05, 0) is 40.9 Å². The van der Waals surface area contributed by atoms with E-state index >= 15 is 0 Å². The van der Waals surface area contributed by atoms with Crippen LogP contribution in [-0.2, 0) is 6.54 Å². The highest BCUT2D eigenvalue weighted by atomic mass is 32.1. The van der Waals surface area contributed by atoms with Crippen LogP contribution in [0.1, 0.15) is 9.75 Å². The van der Waals surface area contributed by atoms with Crippen LogP contribution in [-0.4, -0.2) is 0 Å². The lowest BCUT2D eigenvalue weighted by molar-refractivity contribution is 1.11. The number of thiophene rings is 2. The second-order valence-electron chi connectivity index (χ2n) is 2.95. The summed E-state index contributed by atoms with van der Waals surface area (Å²) in [6.45, 7) is 2.78. The van der Waals surface area contributed by atoms with Crippen molar-refractivity contribution in [1.82, 2.24) is 0 Å². The minimum Gasteiger partial charge on any atom is -0.326 e. The Morgan fingerprint density at radius 2 is 1.85 bits per heavy atom. The number of hydrogen-bond donors (Lipinski definition) is 1. The SMILES string of the molecule is Cc1cc(-c2csc(CN)c2)cs1. The average molecular weight is 209 g/mol. The molecule has 0 unspecified atom stereocenters. The van der Waals surface area contributed by atoms with Crippen molar-refractivity contribution < 1.29 is 0 Å². The van der Waals surface area contributed by atoms with Gasteiger partial charge in [-0.3, -0.25) is 0 Å². The molecule has 0 aromatic carbocycles. The minimum absolute atomic E-state index is 0.647. The Kier molecular flexibility index (Phi) is 2.49. The Labute approximate surface area is 85.8 Å².